The van der Waals surface area contributed by atoms with Crippen molar-refractivity contribution in [3.05, 3.63) is 60.0 Å². The van der Waals surface area contributed by atoms with Crippen LogP contribution >= 0.6 is 0 Å². The second-order valence-corrected chi connectivity index (χ2v) is 9.94. The number of nitrogens with one attached hydrogen (secondary N) is 1. The topological polar surface area (TPSA) is 98.5 Å². The van der Waals surface area contributed by atoms with Crippen LogP contribution in [0.2, 0.25) is 0 Å². The van der Waals surface area contributed by atoms with Crippen LogP contribution in [0.25, 0.3) is 0 Å². The second kappa shape index (κ2) is 9.70. The second-order valence-electron chi connectivity index (χ2n) is 9.94. The van der Waals surface area contributed by atoms with Crippen molar-refractivity contribution in [2.75, 3.05) is 18.5 Å². The van der Waals surface area contributed by atoms with E-state index in [-0.39, 0.29) is 0 Å². The van der Waals surface area contributed by atoms with Crippen molar-refractivity contribution in [2.45, 2.75) is 63.3 Å². The summed E-state index contributed by atoms with van der Waals surface area (Å²) in [4.78, 5) is 16.1. The number of pyridine rings is 1. The van der Waals surface area contributed by atoms with Crippen LogP contribution in [-0.4, -0.2) is 39.1 Å². The number of nitrogens with zero attached hydrogens (tertiary/aromatic N) is 3. The number of carbonyl (C=O) groups is 1. The summed E-state index contributed by atoms with van der Waals surface area (Å²) in [5, 5.41) is 17.8. The molecule has 0 bridgehead atoms. The van der Waals surface area contributed by atoms with Gasteiger partial charge in [0.2, 0.25) is 0 Å². The van der Waals surface area contributed by atoms with Crippen LogP contribution in [0, 0.1) is 0 Å². The number of aromatic nitrogens is 3. The van der Waals surface area contributed by atoms with Gasteiger partial charge in [-0.2, -0.15) is 5.10 Å². The summed E-state index contributed by atoms with van der Waals surface area (Å²) < 4.78 is 14.0. The van der Waals surface area contributed by atoms with Crippen molar-refractivity contribution in [3.63, 3.8) is 0 Å². The van der Waals surface area contributed by atoms with Crippen LogP contribution in [0.3, 0.4) is 0 Å². The average Bonchev–Trinajstić information content (AvgIpc) is 3.21. The zero-order chi connectivity index (χ0) is 24.4. The average molecular weight is 477 g/mol. The lowest BCUT2D eigenvalue weighted by Gasteiger charge is -2.25. The van der Waals surface area contributed by atoms with Crippen LogP contribution in [-0.2, 0) is 14.9 Å². The number of benzene rings is 1. The van der Waals surface area contributed by atoms with Gasteiger partial charge in [-0.05, 0) is 69.7 Å². The van der Waals surface area contributed by atoms with Crippen LogP contribution < -0.4 is 10.1 Å². The van der Waals surface area contributed by atoms with Gasteiger partial charge in [-0.25, -0.2) is 4.98 Å². The van der Waals surface area contributed by atoms with Crippen molar-refractivity contribution in [1.82, 2.24) is 14.8 Å². The minimum atomic E-state index is -0.989. The van der Waals surface area contributed by atoms with E-state index in [1.54, 1.807) is 20.0 Å². The minimum absolute atomic E-state index is 0.333. The predicted octanol–water partition coefficient (Wildman–Crippen LogP) is 5.80. The summed E-state index contributed by atoms with van der Waals surface area (Å²) >= 11 is 0. The molecule has 0 atom stereocenters. The highest BCUT2D eigenvalue weighted by molar-refractivity contribution is 5.81. The molecule has 3 heterocycles. The number of anilines is 2. The summed E-state index contributed by atoms with van der Waals surface area (Å²) in [5.41, 5.74) is 1.50. The molecule has 2 aromatic heterocycles. The Balaban J connectivity index is 1.36. The molecule has 1 saturated heterocycles. The lowest BCUT2D eigenvalue weighted by Crippen LogP contribution is -2.28. The Morgan fingerprint density at radius 2 is 1.97 bits per heavy atom. The lowest BCUT2D eigenvalue weighted by molar-refractivity contribution is -0.142. The van der Waals surface area contributed by atoms with Gasteiger partial charge in [0.05, 0.1) is 17.7 Å². The van der Waals surface area contributed by atoms with Crippen molar-refractivity contribution in [3.8, 4) is 11.5 Å². The van der Waals surface area contributed by atoms with Crippen LogP contribution in [0.4, 0.5) is 11.5 Å². The standard InChI is InChI=1S/C27H32N4O4/c1-27(2,26(32)33)19-5-3-6-20(15-19)29-24-16-22(9-12-28-24)35-23-17-31(21-7-4-8-21)30-25(23)18-10-13-34-14-11-18/h3,5-6,9,12,15-18,21H,4,7-8,10-11,13-14H2,1-2H3,(H,28,29)(H,32,33). The number of aliphatic carboxylic acids is 1. The van der Waals surface area contributed by atoms with E-state index in [0.717, 1.165) is 56.0 Å². The molecule has 0 amide bonds. The summed E-state index contributed by atoms with van der Waals surface area (Å²) in [7, 11) is 0. The molecule has 1 saturated carbocycles. The zero-order valence-corrected chi connectivity index (χ0v) is 20.2. The zero-order valence-electron chi connectivity index (χ0n) is 20.2. The highest BCUT2D eigenvalue weighted by atomic mass is 16.5. The third kappa shape index (κ3) is 5.03. The molecule has 8 nitrogen and oxygen atoms in total. The first-order valence-corrected chi connectivity index (χ1v) is 12.3. The Bertz CT molecular complexity index is 1200. The van der Waals surface area contributed by atoms with E-state index in [2.05, 4.69) is 15.0 Å². The van der Waals surface area contributed by atoms with Crippen molar-refractivity contribution >= 4 is 17.5 Å². The van der Waals surface area contributed by atoms with Gasteiger partial charge >= 0.3 is 5.97 Å². The minimum Gasteiger partial charge on any atom is -0.481 e. The first-order valence-electron chi connectivity index (χ1n) is 12.3. The fourth-order valence-electron chi connectivity index (χ4n) is 4.49. The number of hydrogen-bond acceptors (Lipinski definition) is 6. The van der Waals surface area contributed by atoms with Crippen LogP contribution in [0.5, 0.6) is 11.5 Å². The highest BCUT2D eigenvalue weighted by Crippen LogP contribution is 2.39. The molecule has 3 aromatic rings. The van der Waals surface area contributed by atoms with E-state index in [9.17, 15) is 9.90 Å². The van der Waals surface area contributed by atoms with Gasteiger partial charge in [0, 0.05) is 37.1 Å². The van der Waals surface area contributed by atoms with Gasteiger partial charge in [0.15, 0.2) is 5.75 Å². The van der Waals surface area contributed by atoms with Gasteiger partial charge in [-0.3, -0.25) is 9.48 Å². The molecule has 2 aliphatic rings. The molecular formula is C27H32N4O4. The summed E-state index contributed by atoms with van der Waals surface area (Å²) in [5.74, 6) is 1.55. The maximum absolute atomic E-state index is 11.7. The third-order valence-electron chi connectivity index (χ3n) is 7.13. The number of carboxylic acid groups (broad SMARTS) is 1. The summed E-state index contributed by atoms with van der Waals surface area (Å²) in [6.45, 7) is 4.89. The monoisotopic (exact) mass is 476 g/mol. The van der Waals surface area contributed by atoms with E-state index in [4.69, 9.17) is 14.6 Å². The van der Waals surface area contributed by atoms with Crippen molar-refractivity contribution < 1.29 is 19.4 Å². The normalized spacial score (nSPS) is 17.1. The number of rotatable bonds is 8. The van der Waals surface area contributed by atoms with Crippen LogP contribution in [0.15, 0.2) is 48.8 Å². The maximum Gasteiger partial charge on any atom is 0.313 e. The summed E-state index contributed by atoms with van der Waals surface area (Å²) in [6, 6.07) is 11.6. The Kier molecular flexibility index (Phi) is 6.47. The quantitative estimate of drug-likeness (QED) is 0.424. The van der Waals surface area contributed by atoms with Gasteiger partial charge in [0.25, 0.3) is 0 Å². The maximum atomic E-state index is 11.7. The SMILES string of the molecule is CC(C)(C(=O)O)c1cccc(Nc2cc(Oc3cn(C4CCC4)nc3C3CCOCC3)ccn2)c1. The largest absolute Gasteiger partial charge is 0.481 e. The summed E-state index contributed by atoms with van der Waals surface area (Å²) in [6.07, 6.45) is 9.21. The molecule has 1 aliphatic carbocycles. The predicted molar refractivity (Wildman–Crippen MR) is 133 cm³/mol. The molecule has 2 N–H and O–H groups in total. The number of ether oxygens (including phenoxy) is 2. The fraction of sp³-hybridized carbons (Fsp3) is 0.444. The molecule has 8 heteroatoms. The van der Waals surface area contributed by atoms with Crippen LogP contribution in [0.1, 0.15) is 69.2 Å². The first kappa shape index (κ1) is 23.4. The Labute approximate surface area is 205 Å². The molecule has 35 heavy (non-hydrogen) atoms. The highest BCUT2D eigenvalue weighted by Gasteiger charge is 2.30. The van der Waals surface area contributed by atoms with Gasteiger partial charge in [0.1, 0.15) is 17.3 Å². The van der Waals surface area contributed by atoms with E-state index >= 15 is 0 Å². The van der Waals surface area contributed by atoms with E-state index in [1.807, 2.05) is 42.6 Å². The van der Waals surface area contributed by atoms with E-state index in [0.29, 0.717) is 29.1 Å². The molecule has 1 aromatic carbocycles. The first-order chi connectivity index (χ1) is 16.9. The molecule has 0 radical (unpaired) electrons. The number of hydrogen-bond donors (Lipinski definition) is 2. The Hall–Kier alpha value is -3.39. The third-order valence-corrected chi connectivity index (χ3v) is 7.13. The molecule has 0 unspecified atom stereocenters. The van der Waals surface area contributed by atoms with E-state index in [1.165, 1.54) is 6.42 Å². The molecule has 5 rings (SSSR count). The molecular weight excluding hydrogens is 444 g/mol. The molecule has 2 fully saturated rings. The lowest BCUT2D eigenvalue weighted by atomic mass is 9.84. The van der Waals surface area contributed by atoms with E-state index < -0.39 is 11.4 Å². The Morgan fingerprint density at radius 3 is 2.69 bits per heavy atom. The number of carboxylic acids is 1. The Morgan fingerprint density at radius 1 is 1.17 bits per heavy atom. The van der Waals surface area contributed by atoms with Gasteiger partial charge < -0.3 is 19.9 Å². The molecule has 184 valence electrons. The smallest absolute Gasteiger partial charge is 0.313 e. The van der Waals surface area contributed by atoms with Gasteiger partial charge in [-0.1, -0.05) is 12.1 Å². The van der Waals surface area contributed by atoms with Crippen molar-refractivity contribution in [1.29, 1.82) is 0 Å². The van der Waals surface area contributed by atoms with Crippen molar-refractivity contribution in [2.24, 2.45) is 0 Å². The molecule has 1 aliphatic heterocycles. The van der Waals surface area contributed by atoms with Gasteiger partial charge in [-0.15, -0.1) is 0 Å². The fourth-order valence-corrected chi connectivity index (χ4v) is 4.49. The molecule has 0 spiro atoms.